The smallest absolute Gasteiger partial charge is 0.225 e. The summed E-state index contributed by atoms with van der Waals surface area (Å²) in [6, 6.07) is 20.1. The average molecular weight is 333 g/mol. The highest BCUT2D eigenvalue weighted by Gasteiger charge is 2.20. The summed E-state index contributed by atoms with van der Waals surface area (Å²) in [6.45, 7) is 2.03. The zero-order valence-corrected chi connectivity index (χ0v) is 14.2. The molecule has 0 spiro atoms. The molecule has 0 saturated carbocycles. The number of nitrogens with one attached hydrogen (secondary N) is 1. The second-order valence-corrected chi connectivity index (χ2v) is 5.93. The minimum atomic E-state index is -0.293. The summed E-state index contributed by atoms with van der Waals surface area (Å²) in [5.74, 6) is 0.501. The number of hydrogen-bond donors (Lipinski definition) is 1. The van der Waals surface area contributed by atoms with E-state index in [2.05, 4.69) is 16.4 Å². The van der Waals surface area contributed by atoms with Crippen molar-refractivity contribution in [2.45, 2.75) is 32.2 Å². The molecule has 1 atom stereocenters. The van der Waals surface area contributed by atoms with E-state index in [-0.39, 0.29) is 11.9 Å². The van der Waals surface area contributed by atoms with Gasteiger partial charge in [0.25, 0.3) is 0 Å². The van der Waals surface area contributed by atoms with Crippen LogP contribution in [0.25, 0.3) is 0 Å². The van der Waals surface area contributed by atoms with E-state index in [4.69, 9.17) is 4.42 Å². The van der Waals surface area contributed by atoms with Gasteiger partial charge in [0.15, 0.2) is 0 Å². The largest absolute Gasteiger partial charge is 0.446 e. The lowest BCUT2D eigenvalue weighted by atomic mass is 10.1. The summed E-state index contributed by atoms with van der Waals surface area (Å²) in [5, 5.41) is 3.06. The third-order valence-corrected chi connectivity index (χ3v) is 4.00. The summed E-state index contributed by atoms with van der Waals surface area (Å²) >= 11 is 0. The summed E-state index contributed by atoms with van der Waals surface area (Å²) in [4.78, 5) is 17.0. The fourth-order valence-corrected chi connectivity index (χ4v) is 2.66. The number of rotatable bonds is 7. The van der Waals surface area contributed by atoms with Crippen molar-refractivity contribution in [2.75, 3.05) is 0 Å². The fourth-order valence-electron chi connectivity index (χ4n) is 2.66. The van der Waals surface area contributed by atoms with Gasteiger partial charge in [-0.25, -0.2) is 4.98 Å². The van der Waals surface area contributed by atoms with Gasteiger partial charge in [0, 0.05) is 6.42 Å². The van der Waals surface area contributed by atoms with Crippen LogP contribution in [0.3, 0.4) is 0 Å². The highest BCUT2D eigenvalue weighted by molar-refractivity contribution is 5.78. The number of amides is 1. The van der Waals surface area contributed by atoms with Crippen LogP contribution in [-0.4, -0.2) is 10.9 Å². The first-order chi connectivity index (χ1) is 12.2. The summed E-state index contributed by atoms with van der Waals surface area (Å²) in [5.41, 5.74) is 2.97. The zero-order valence-electron chi connectivity index (χ0n) is 14.2. The van der Waals surface area contributed by atoms with E-state index in [1.807, 2.05) is 61.5 Å². The molecule has 2 aromatic carbocycles. The minimum Gasteiger partial charge on any atom is -0.446 e. The number of hydrogen-bond acceptors (Lipinski definition) is 3. The van der Waals surface area contributed by atoms with Gasteiger partial charge in [-0.1, -0.05) is 61.5 Å². The molecule has 0 bridgehead atoms. The van der Waals surface area contributed by atoms with Crippen molar-refractivity contribution in [1.82, 2.24) is 10.3 Å². The number of carbonyl (C=O) groups is 1. The molecule has 0 saturated heterocycles. The van der Waals surface area contributed by atoms with Crippen LogP contribution in [0.15, 0.2) is 65.3 Å². The maximum absolute atomic E-state index is 12.5. The Morgan fingerprint density at radius 3 is 2.60 bits per heavy atom. The third kappa shape index (κ3) is 4.80. The molecule has 3 rings (SSSR count). The number of benzene rings is 2. The van der Waals surface area contributed by atoms with Crippen LogP contribution < -0.4 is 5.32 Å². The molecule has 4 nitrogen and oxygen atoms in total. The molecule has 1 heterocycles. The molecule has 0 aliphatic rings. The molecular formula is C21H21N2O2. The van der Waals surface area contributed by atoms with Crippen LogP contribution in [-0.2, 0) is 24.1 Å². The standard InChI is InChI=1S/C21H21N2O2/c1-2-18-15-25-21(22-18)19(13-16-9-5-3-6-10-16)23-20(24)14-17-11-7-4-8-12-17/h4-12,15,19H,2,13-14H2,1H3,(H,23,24). The molecule has 0 fully saturated rings. The average Bonchev–Trinajstić information content (AvgIpc) is 3.12. The van der Waals surface area contributed by atoms with Gasteiger partial charge in [-0.05, 0) is 23.6 Å². The van der Waals surface area contributed by atoms with Gasteiger partial charge in [-0.3, -0.25) is 4.79 Å². The predicted molar refractivity (Wildman–Crippen MR) is 95.9 cm³/mol. The summed E-state index contributed by atoms with van der Waals surface area (Å²) in [6.07, 6.45) is 3.42. The van der Waals surface area contributed by atoms with Crippen molar-refractivity contribution in [3.63, 3.8) is 0 Å². The maximum Gasteiger partial charge on any atom is 0.225 e. The van der Waals surface area contributed by atoms with Crippen LogP contribution in [0.5, 0.6) is 0 Å². The third-order valence-electron chi connectivity index (χ3n) is 4.00. The lowest BCUT2D eigenvalue weighted by Gasteiger charge is -2.16. The quantitative estimate of drug-likeness (QED) is 0.717. The van der Waals surface area contributed by atoms with E-state index in [1.165, 1.54) is 0 Å². The van der Waals surface area contributed by atoms with E-state index in [1.54, 1.807) is 6.26 Å². The Morgan fingerprint density at radius 1 is 1.16 bits per heavy atom. The van der Waals surface area contributed by atoms with E-state index >= 15 is 0 Å². The van der Waals surface area contributed by atoms with Gasteiger partial charge in [0.2, 0.25) is 11.8 Å². The number of aromatic nitrogens is 1. The molecular weight excluding hydrogens is 312 g/mol. The second kappa shape index (κ2) is 8.29. The molecule has 0 aliphatic heterocycles. The molecule has 1 aromatic heterocycles. The number of carbonyl (C=O) groups excluding carboxylic acids is 1. The van der Waals surface area contributed by atoms with Crippen LogP contribution in [0.1, 0.15) is 35.7 Å². The zero-order chi connectivity index (χ0) is 17.5. The van der Waals surface area contributed by atoms with Gasteiger partial charge in [0.05, 0.1) is 12.1 Å². The lowest BCUT2D eigenvalue weighted by molar-refractivity contribution is -0.121. The van der Waals surface area contributed by atoms with Crippen LogP contribution in [0.2, 0.25) is 0 Å². The Labute approximate surface area is 147 Å². The van der Waals surface area contributed by atoms with Crippen molar-refractivity contribution in [3.8, 4) is 0 Å². The molecule has 127 valence electrons. The van der Waals surface area contributed by atoms with Crippen molar-refractivity contribution in [3.05, 3.63) is 89.6 Å². The van der Waals surface area contributed by atoms with E-state index < -0.39 is 0 Å². The molecule has 1 unspecified atom stereocenters. The van der Waals surface area contributed by atoms with Crippen molar-refractivity contribution in [1.29, 1.82) is 0 Å². The first-order valence-corrected chi connectivity index (χ1v) is 8.47. The highest BCUT2D eigenvalue weighted by Crippen LogP contribution is 2.19. The van der Waals surface area contributed by atoms with E-state index in [0.29, 0.717) is 18.7 Å². The van der Waals surface area contributed by atoms with E-state index in [9.17, 15) is 4.79 Å². The fraction of sp³-hybridized carbons (Fsp3) is 0.238. The van der Waals surface area contributed by atoms with Gasteiger partial charge in [-0.2, -0.15) is 0 Å². The number of oxazole rings is 1. The Bertz CT molecular complexity index is 797. The Hall–Kier alpha value is -2.88. The normalized spacial score (nSPS) is 11.9. The summed E-state index contributed by atoms with van der Waals surface area (Å²) < 4.78 is 5.61. The van der Waals surface area contributed by atoms with Crippen molar-refractivity contribution in [2.24, 2.45) is 0 Å². The van der Waals surface area contributed by atoms with Crippen LogP contribution >= 0.6 is 0 Å². The molecule has 4 heteroatoms. The predicted octanol–water partition coefficient (Wildman–Crippen LogP) is 3.68. The molecule has 1 radical (unpaired) electrons. The van der Waals surface area contributed by atoms with Gasteiger partial charge in [0.1, 0.15) is 12.3 Å². The minimum absolute atomic E-state index is 0.0463. The Kier molecular flexibility index (Phi) is 5.62. The second-order valence-electron chi connectivity index (χ2n) is 5.93. The Morgan fingerprint density at radius 2 is 1.92 bits per heavy atom. The van der Waals surface area contributed by atoms with Gasteiger partial charge < -0.3 is 9.73 Å². The topological polar surface area (TPSA) is 55.1 Å². The van der Waals surface area contributed by atoms with Crippen molar-refractivity contribution < 1.29 is 9.21 Å². The molecule has 1 N–H and O–H groups in total. The van der Waals surface area contributed by atoms with Crippen LogP contribution in [0, 0.1) is 6.07 Å². The Balaban J connectivity index is 1.74. The molecule has 3 aromatic rings. The molecule has 1 amide bonds. The monoisotopic (exact) mass is 333 g/mol. The molecule has 25 heavy (non-hydrogen) atoms. The first kappa shape index (κ1) is 17.0. The SMILES string of the molecule is CCc1coc(C(Cc2cc[c]cc2)NC(=O)Cc2ccccc2)n1. The van der Waals surface area contributed by atoms with Gasteiger partial charge >= 0.3 is 0 Å². The molecule has 0 aliphatic carbocycles. The number of aryl methyl sites for hydroxylation is 1. The highest BCUT2D eigenvalue weighted by atomic mass is 16.3. The van der Waals surface area contributed by atoms with E-state index in [0.717, 1.165) is 23.2 Å². The van der Waals surface area contributed by atoms with Crippen molar-refractivity contribution >= 4 is 5.91 Å². The first-order valence-electron chi connectivity index (χ1n) is 8.47. The lowest BCUT2D eigenvalue weighted by Crippen LogP contribution is -2.31. The number of nitrogens with zero attached hydrogens (tertiary/aromatic N) is 1. The summed E-state index contributed by atoms with van der Waals surface area (Å²) in [7, 11) is 0. The maximum atomic E-state index is 12.5. The van der Waals surface area contributed by atoms with Gasteiger partial charge in [-0.15, -0.1) is 0 Å². The van der Waals surface area contributed by atoms with Crippen LogP contribution in [0.4, 0.5) is 0 Å².